The number of nitrogens with one attached hydrogen (secondary N) is 1. The minimum absolute atomic E-state index is 0.177. The van der Waals surface area contributed by atoms with Gasteiger partial charge in [0.15, 0.2) is 6.29 Å². The Morgan fingerprint density at radius 2 is 1.10 bits per heavy atom. The lowest BCUT2D eigenvalue weighted by Crippen LogP contribution is -2.60. The molecule has 1 rings (SSSR count). The Morgan fingerprint density at radius 1 is 0.660 bits per heavy atom. The van der Waals surface area contributed by atoms with Crippen LogP contribution in [0, 0.1) is 0 Å². The molecule has 0 aromatic heterocycles. The number of carbonyl (C=O) groups is 1. The van der Waals surface area contributed by atoms with Crippen molar-refractivity contribution in [2.45, 2.75) is 230 Å². The van der Waals surface area contributed by atoms with Crippen molar-refractivity contribution in [2.75, 3.05) is 13.2 Å². The monoisotopic (exact) mass is 714 g/mol. The third kappa shape index (κ3) is 23.5. The number of amides is 1. The van der Waals surface area contributed by atoms with Crippen LogP contribution >= 0.6 is 0 Å². The molecule has 7 atom stereocenters. The molecule has 50 heavy (non-hydrogen) atoms. The summed E-state index contributed by atoms with van der Waals surface area (Å²) in [7, 11) is 0. The van der Waals surface area contributed by atoms with Crippen LogP contribution in [0.5, 0.6) is 0 Å². The number of aliphatic hydroxyl groups excluding tert-OH is 5. The van der Waals surface area contributed by atoms with Gasteiger partial charge in [0.05, 0.1) is 25.4 Å². The zero-order chi connectivity index (χ0) is 36.7. The average molecular weight is 714 g/mol. The van der Waals surface area contributed by atoms with Gasteiger partial charge in [-0.1, -0.05) is 174 Å². The highest BCUT2D eigenvalue weighted by Crippen LogP contribution is 2.22. The number of hydrogen-bond donors (Lipinski definition) is 6. The fourth-order valence-corrected chi connectivity index (χ4v) is 6.68. The van der Waals surface area contributed by atoms with Crippen molar-refractivity contribution in [1.29, 1.82) is 0 Å². The molecule has 0 aromatic rings. The van der Waals surface area contributed by atoms with E-state index in [1.54, 1.807) is 6.08 Å². The molecule has 0 spiro atoms. The molecule has 1 aliphatic heterocycles. The zero-order valence-corrected chi connectivity index (χ0v) is 32.2. The van der Waals surface area contributed by atoms with Crippen LogP contribution in [-0.4, -0.2) is 87.5 Å². The number of unbranched alkanes of at least 4 members (excludes halogenated alkanes) is 24. The lowest BCUT2D eigenvalue weighted by Gasteiger charge is -2.40. The van der Waals surface area contributed by atoms with Crippen LogP contribution in [0.2, 0.25) is 0 Å². The summed E-state index contributed by atoms with van der Waals surface area (Å²) in [5, 5.41) is 54.0. The second-order valence-corrected chi connectivity index (χ2v) is 14.8. The van der Waals surface area contributed by atoms with Crippen LogP contribution in [-0.2, 0) is 14.3 Å². The van der Waals surface area contributed by atoms with E-state index in [-0.39, 0.29) is 12.5 Å². The van der Waals surface area contributed by atoms with Crippen LogP contribution < -0.4 is 5.32 Å². The van der Waals surface area contributed by atoms with Gasteiger partial charge in [-0.05, 0) is 19.3 Å². The van der Waals surface area contributed by atoms with Crippen LogP contribution in [0.1, 0.15) is 187 Å². The van der Waals surface area contributed by atoms with Gasteiger partial charge in [0.25, 0.3) is 0 Å². The second kappa shape index (κ2) is 32.6. The lowest BCUT2D eigenvalue weighted by atomic mass is 9.99. The molecular weight excluding hydrogens is 634 g/mol. The predicted molar refractivity (Wildman–Crippen MR) is 203 cm³/mol. The van der Waals surface area contributed by atoms with Crippen LogP contribution in [0.25, 0.3) is 0 Å². The molecule has 0 aliphatic carbocycles. The zero-order valence-electron chi connectivity index (χ0n) is 32.2. The maximum absolute atomic E-state index is 12.9. The van der Waals surface area contributed by atoms with Crippen LogP contribution in [0.15, 0.2) is 12.2 Å². The van der Waals surface area contributed by atoms with Crippen molar-refractivity contribution in [1.82, 2.24) is 5.32 Å². The summed E-state index contributed by atoms with van der Waals surface area (Å²) in [4.78, 5) is 12.9. The quantitative estimate of drug-likeness (QED) is 0.0293. The Kier molecular flexibility index (Phi) is 30.6. The van der Waals surface area contributed by atoms with Gasteiger partial charge in [0.1, 0.15) is 24.4 Å². The summed E-state index contributed by atoms with van der Waals surface area (Å²) < 4.78 is 11.2. The van der Waals surface area contributed by atoms with E-state index in [2.05, 4.69) is 19.2 Å². The van der Waals surface area contributed by atoms with Crippen molar-refractivity contribution in [2.24, 2.45) is 0 Å². The Bertz CT molecular complexity index is 797. The fourth-order valence-electron chi connectivity index (χ4n) is 6.68. The van der Waals surface area contributed by atoms with Crippen molar-refractivity contribution in [3.05, 3.63) is 12.2 Å². The molecule has 1 amide bonds. The molecule has 1 fully saturated rings. The minimum Gasteiger partial charge on any atom is -0.394 e. The third-order valence-electron chi connectivity index (χ3n) is 10.1. The molecule has 6 N–H and O–H groups in total. The van der Waals surface area contributed by atoms with E-state index >= 15 is 0 Å². The van der Waals surface area contributed by atoms with Crippen LogP contribution in [0.3, 0.4) is 0 Å². The van der Waals surface area contributed by atoms with Crippen molar-refractivity contribution < 1.29 is 39.8 Å². The summed E-state index contributed by atoms with van der Waals surface area (Å²) in [6, 6.07) is -0.796. The normalized spacial score (nSPS) is 22.3. The van der Waals surface area contributed by atoms with Gasteiger partial charge in [-0.2, -0.15) is 0 Å². The summed E-state index contributed by atoms with van der Waals surface area (Å²) in [5.41, 5.74) is 0. The van der Waals surface area contributed by atoms with E-state index in [4.69, 9.17) is 9.47 Å². The van der Waals surface area contributed by atoms with Gasteiger partial charge in [-0.3, -0.25) is 4.79 Å². The number of allylic oxidation sites excluding steroid dienone is 1. The minimum atomic E-state index is -1.56. The molecule has 2 unspecified atom stereocenters. The van der Waals surface area contributed by atoms with E-state index < -0.39 is 49.5 Å². The standard InChI is InChI=1S/C41H79NO8/c1-3-5-7-9-11-13-15-17-18-19-20-22-24-26-28-30-35(44)34(33-49-41-40(48)39(47)38(46)36(32-43)50-41)42-37(45)31-29-27-25-23-21-16-14-12-10-8-6-4-2/h28,30,34-36,38-41,43-44,46-48H,3-27,29,31-33H2,1-2H3,(H,42,45)/b30-28+/t34-,35+,36+,38+,39?,40?,41+/m0/s1. The molecule has 1 aliphatic rings. The Labute approximate surface area is 306 Å². The van der Waals surface area contributed by atoms with Gasteiger partial charge >= 0.3 is 0 Å². The molecular formula is C41H79NO8. The first-order chi connectivity index (χ1) is 24.3. The smallest absolute Gasteiger partial charge is 0.220 e. The Morgan fingerprint density at radius 3 is 1.56 bits per heavy atom. The van der Waals surface area contributed by atoms with Gasteiger partial charge in [-0.15, -0.1) is 0 Å². The first-order valence-corrected chi connectivity index (χ1v) is 20.9. The van der Waals surface area contributed by atoms with E-state index in [1.807, 2.05) is 6.08 Å². The van der Waals surface area contributed by atoms with Crippen LogP contribution in [0.4, 0.5) is 0 Å². The molecule has 0 radical (unpaired) electrons. The van der Waals surface area contributed by atoms with Gasteiger partial charge in [-0.25, -0.2) is 0 Å². The number of carbonyl (C=O) groups excluding carboxylic acids is 1. The van der Waals surface area contributed by atoms with Gasteiger partial charge < -0.3 is 40.3 Å². The fraction of sp³-hybridized carbons (Fsp3) is 0.927. The topological polar surface area (TPSA) is 149 Å². The second-order valence-electron chi connectivity index (χ2n) is 14.8. The molecule has 9 heteroatoms. The SMILES string of the molecule is CCCCCCCCCCCCCCC/C=C/[C@@H](O)[C@H](CO[C@@H]1O[C@H](CO)[C@@H](O)C(O)C1O)NC(=O)CCCCCCCCCCCCCC. The van der Waals surface area contributed by atoms with E-state index in [9.17, 15) is 30.3 Å². The highest BCUT2D eigenvalue weighted by atomic mass is 16.7. The Hall–Kier alpha value is -1.07. The molecule has 9 nitrogen and oxygen atoms in total. The highest BCUT2D eigenvalue weighted by molar-refractivity contribution is 5.76. The summed E-state index contributed by atoms with van der Waals surface area (Å²) in [5.74, 6) is -0.177. The molecule has 1 saturated heterocycles. The summed E-state index contributed by atoms with van der Waals surface area (Å²) >= 11 is 0. The summed E-state index contributed by atoms with van der Waals surface area (Å²) in [6.07, 6.45) is 28.2. The molecule has 0 bridgehead atoms. The first kappa shape index (κ1) is 47.0. The van der Waals surface area contributed by atoms with Crippen molar-refractivity contribution >= 4 is 5.91 Å². The summed E-state index contributed by atoms with van der Waals surface area (Å²) in [6.45, 7) is 3.76. The number of aliphatic hydroxyl groups is 5. The van der Waals surface area contributed by atoms with Crippen molar-refractivity contribution in [3.8, 4) is 0 Å². The average Bonchev–Trinajstić information content (AvgIpc) is 3.11. The Balaban J connectivity index is 2.41. The lowest BCUT2D eigenvalue weighted by molar-refractivity contribution is -0.302. The van der Waals surface area contributed by atoms with Crippen molar-refractivity contribution in [3.63, 3.8) is 0 Å². The van der Waals surface area contributed by atoms with E-state index in [1.165, 1.54) is 128 Å². The van der Waals surface area contributed by atoms with E-state index in [0.717, 1.165) is 38.5 Å². The molecule has 0 aromatic carbocycles. The van der Waals surface area contributed by atoms with Gasteiger partial charge in [0.2, 0.25) is 5.91 Å². The number of rotatable bonds is 34. The van der Waals surface area contributed by atoms with E-state index in [0.29, 0.717) is 6.42 Å². The molecule has 0 saturated carbocycles. The number of hydrogen-bond acceptors (Lipinski definition) is 8. The first-order valence-electron chi connectivity index (χ1n) is 20.9. The van der Waals surface area contributed by atoms with Gasteiger partial charge in [0, 0.05) is 6.42 Å². The molecule has 296 valence electrons. The predicted octanol–water partition coefficient (Wildman–Crippen LogP) is 7.78. The number of ether oxygens (including phenoxy) is 2. The maximum Gasteiger partial charge on any atom is 0.220 e. The maximum atomic E-state index is 12.9. The molecule has 1 heterocycles. The third-order valence-corrected chi connectivity index (χ3v) is 10.1. The largest absolute Gasteiger partial charge is 0.394 e. The highest BCUT2D eigenvalue weighted by Gasteiger charge is 2.44.